The van der Waals surface area contributed by atoms with Gasteiger partial charge in [-0.15, -0.1) is 6.58 Å². The lowest BCUT2D eigenvalue weighted by Gasteiger charge is -2.52. The third kappa shape index (κ3) is 5.71. The number of fused-ring (bicyclic) bond motifs is 4. The number of hydrogen-bond donors (Lipinski definition) is 2. The molecule has 7 rings (SSSR count). The highest BCUT2D eigenvalue weighted by Crippen LogP contribution is 2.44. The molecule has 0 aliphatic carbocycles. The van der Waals surface area contributed by atoms with Crippen LogP contribution in [0.25, 0.3) is 10.9 Å². The number of alkyl halides is 6. The van der Waals surface area contributed by atoms with Gasteiger partial charge >= 0.3 is 12.4 Å². The molecule has 3 saturated heterocycles. The number of aromatic nitrogens is 1. The average Bonchev–Trinajstić information content (AvgIpc) is 3.03. The van der Waals surface area contributed by atoms with Gasteiger partial charge in [-0.3, -0.25) is 19.5 Å². The molecule has 6 nitrogen and oxygen atoms in total. The summed E-state index contributed by atoms with van der Waals surface area (Å²) in [5, 5.41) is 6.89. The van der Waals surface area contributed by atoms with Crippen LogP contribution < -0.4 is 21.5 Å². The number of rotatable bonds is 8. The first-order valence-electron chi connectivity index (χ1n) is 14.6. The highest BCUT2D eigenvalue weighted by atomic mass is 19.4. The zero-order valence-electron chi connectivity index (χ0n) is 24.2. The van der Waals surface area contributed by atoms with Crippen molar-refractivity contribution in [2.45, 2.75) is 50.2 Å². The lowest BCUT2D eigenvalue weighted by Crippen LogP contribution is -2.56. The van der Waals surface area contributed by atoms with E-state index in [0.29, 0.717) is 24.0 Å². The third-order valence-corrected chi connectivity index (χ3v) is 9.24. The fourth-order valence-corrected chi connectivity index (χ4v) is 6.85. The smallest absolute Gasteiger partial charge is 0.373 e. The molecule has 0 saturated carbocycles. The van der Waals surface area contributed by atoms with E-state index in [9.17, 15) is 35.9 Å². The molecule has 0 amide bonds. The predicted octanol–water partition coefficient (Wildman–Crippen LogP) is 7.09. The molecule has 1 unspecified atom stereocenters. The summed E-state index contributed by atoms with van der Waals surface area (Å²) in [5.74, 6) is 0.701. The highest BCUT2D eigenvalue weighted by Gasteiger charge is 2.44. The molecule has 2 bridgehead atoms. The average molecular weight is 629 g/mol. The van der Waals surface area contributed by atoms with Gasteiger partial charge < -0.3 is 10.6 Å². The van der Waals surface area contributed by atoms with Crippen molar-refractivity contribution in [2.24, 2.45) is 11.8 Å². The molecule has 6 atom stereocenters. The molecular weight excluding hydrogens is 598 g/mol. The van der Waals surface area contributed by atoms with E-state index in [0.717, 1.165) is 42.4 Å². The minimum Gasteiger partial charge on any atom is -0.373 e. The maximum atomic E-state index is 13.5. The molecule has 4 heterocycles. The first-order valence-corrected chi connectivity index (χ1v) is 14.6. The predicted molar refractivity (Wildman–Crippen MR) is 160 cm³/mol. The number of nitrogens with one attached hydrogen (secondary N) is 2. The van der Waals surface area contributed by atoms with Crippen LogP contribution in [0.1, 0.15) is 54.1 Å². The normalized spacial score (nSPS) is 23.2. The largest absolute Gasteiger partial charge is 0.416 e. The zero-order valence-corrected chi connectivity index (χ0v) is 24.2. The number of nitrogens with zero attached hydrogens (tertiary/aromatic N) is 2. The second-order valence-electron chi connectivity index (χ2n) is 11.9. The van der Waals surface area contributed by atoms with Crippen molar-refractivity contribution in [1.82, 2.24) is 9.88 Å². The summed E-state index contributed by atoms with van der Waals surface area (Å²) in [5.41, 5.74) is -3.61. The number of halogens is 6. The van der Waals surface area contributed by atoms with E-state index in [2.05, 4.69) is 27.1 Å². The summed E-state index contributed by atoms with van der Waals surface area (Å²) in [6, 6.07) is 8.94. The fourth-order valence-electron chi connectivity index (χ4n) is 6.85. The van der Waals surface area contributed by atoms with Gasteiger partial charge in [0.25, 0.3) is 10.9 Å². The Morgan fingerprint density at radius 1 is 0.956 bits per heavy atom. The van der Waals surface area contributed by atoms with Crippen molar-refractivity contribution in [3.8, 4) is 0 Å². The maximum Gasteiger partial charge on any atom is 0.416 e. The van der Waals surface area contributed by atoms with Crippen molar-refractivity contribution in [1.29, 1.82) is 0 Å². The first kappa shape index (κ1) is 30.8. The summed E-state index contributed by atoms with van der Waals surface area (Å²) >= 11 is 0. The first-order chi connectivity index (χ1) is 21.3. The number of hydrogen-bond acceptors (Lipinski definition) is 6. The Balaban J connectivity index is 1.37. The van der Waals surface area contributed by atoms with E-state index in [1.807, 2.05) is 36.4 Å². The fraction of sp³-hybridized carbons (Fsp3) is 0.364. The van der Waals surface area contributed by atoms with E-state index in [-0.39, 0.29) is 29.0 Å². The number of benzene rings is 2. The lowest BCUT2D eigenvalue weighted by atomic mass is 9.73. The van der Waals surface area contributed by atoms with Crippen LogP contribution >= 0.6 is 0 Å². The van der Waals surface area contributed by atoms with Crippen LogP contribution in [0.5, 0.6) is 0 Å². The number of para-hydroxylation sites is 1. The van der Waals surface area contributed by atoms with Gasteiger partial charge in [-0.05, 0) is 79.6 Å². The van der Waals surface area contributed by atoms with Crippen LogP contribution in [-0.2, 0) is 12.4 Å². The quantitative estimate of drug-likeness (QED) is 0.123. The summed E-state index contributed by atoms with van der Waals surface area (Å²) in [4.78, 5) is 32.6. The Labute approximate surface area is 254 Å². The molecule has 3 fully saturated rings. The van der Waals surface area contributed by atoms with Crippen LogP contribution in [0.3, 0.4) is 0 Å². The molecule has 4 aromatic rings. The number of anilines is 2. The molecule has 1 aromatic heterocycles. The minimum absolute atomic E-state index is 0.0499. The summed E-state index contributed by atoms with van der Waals surface area (Å²) in [6.45, 7) is 6.95. The van der Waals surface area contributed by atoms with Gasteiger partial charge in [-0.2, -0.15) is 26.3 Å². The van der Waals surface area contributed by atoms with Gasteiger partial charge in [0.05, 0.1) is 22.7 Å². The molecular formula is C33H30F6N4O2. The van der Waals surface area contributed by atoms with Gasteiger partial charge in [0.15, 0.2) is 0 Å². The van der Waals surface area contributed by atoms with Gasteiger partial charge in [0.2, 0.25) is 0 Å². The lowest BCUT2D eigenvalue weighted by molar-refractivity contribution is -0.143. The Morgan fingerprint density at radius 2 is 1.60 bits per heavy atom. The SMILES string of the molecule is C=C[C@H]1CN2CC[C@H]1C[C@H]2[C@@H](Nc1c(N[C@@H](C)c2cc(C(F)(F)F)cc(C(F)(F)F)c2)c(=O)c1=O)c1ccnc2ccccc12. The van der Waals surface area contributed by atoms with E-state index >= 15 is 0 Å². The second-order valence-corrected chi connectivity index (χ2v) is 11.9. The molecule has 236 valence electrons. The van der Waals surface area contributed by atoms with Crippen molar-refractivity contribution < 1.29 is 26.3 Å². The Bertz CT molecular complexity index is 1790. The summed E-state index contributed by atoms with van der Waals surface area (Å²) in [7, 11) is 0. The monoisotopic (exact) mass is 628 g/mol. The van der Waals surface area contributed by atoms with Gasteiger partial charge in [0, 0.05) is 30.2 Å². The maximum absolute atomic E-state index is 13.5. The summed E-state index contributed by atoms with van der Waals surface area (Å²) in [6.07, 6.45) is -4.62. The highest BCUT2D eigenvalue weighted by molar-refractivity contribution is 5.83. The van der Waals surface area contributed by atoms with E-state index in [4.69, 9.17) is 0 Å². The number of piperidine rings is 3. The third-order valence-electron chi connectivity index (χ3n) is 9.24. The molecule has 2 N–H and O–H groups in total. The van der Waals surface area contributed by atoms with Crippen LogP contribution in [0, 0.1) is 11.8 Å². The van der Waals surface area contributed by atoms with E-state index < -0.39 is 46.4 Å². The minimum atomic E-state index is -5.02. The molecule has 3 aromatic carbocycles. The van der Waals surface area contributed by atoms with Crippen molar-refractivity contribution in [3.05, 3.63) is 110 Å². The van der Waals surface area contributed by atoms with Crippen LogP contribution in [0.4, 0.5) is 37.7 Å². The van der Waals surface area contributed by atoms with Gasteiger partial charge in [0.1, 0.15) is 11.4 Å². The molecule has 45 heavy (non-hydrogen) atoms. The molecule has 12 heteroatoms. The van der Waals surface area contributed by atoms with Crippen molar-refractivity contribution >= 4 is 22.3 Å². The Hall–Kier alpha value is -4.19. The Kier molecular flexibility index (Phi) is 7.75. The van der Waals surface area contributed by atoms with Crippen LogP contribution in [0.2, 0.25) is 0 Å². The zero-order chi connectivity index (χ0) is 32.3. The Morgan fingerprint density at radius 3 is 2.20 bits per heavy atom. The summed E-state index contributed by atoms with van der Waals surface area (Å²) < 4.78 is 81.0. The van der Waals surface area contributed by atoms with Crippen LogP contribution in [-0.4, -0.2) is 29.0 Å². The van der Waals surface area contributed by atoms with Crippen LogP contribution in [0.15, 0.2) is 77.0 Å². The van der Waals surface area contributed by atoms with E-state index in [1.54, 1.807) is 6.20 Å². The standard InChI is InChI=1S/C33H30F6N4O2/c1-3-18-16-43-11-9-19(18)14-26(43)27(24-8-10-40-25-7-5-4-6-23(24)25)42-29-28(30(44)31(29)45)41-17(2)20-12-21(32(34,35)36)15-22(13-20)33(37,38)39/h3-8,10,12-13,15,17-19,26-27,41-42H,1,9,11,14,16H2,2H3/t17-,18-,19-,26-,27-/m0/s1. The second kappa shape index (κ2) is 11.3. The van der Waals surface area contributed by atoms with Crippen molar-refractivity contribution in [2.75, 3.05) is 23.7 Å². The molecule has 3 aliphatic rings. The van der Waals surface area contributed by atoms with Gasteiger partial charge in [-0.25, -0.2) is 0 Å². The van der Waals surface area contributed by atoms with Crippen molar-refractivity contribution in [3.63, 3.8) is 0 Å². The molecule has 0 spiro atoms. The van der Waals surface area contributed by atoms with E-state index in [1.165, 1.54) is 6.92 Å². The molecule has 0 radical (unpaired) electrons. The molecule has 3 aliphatic heterocycles. The van der Waals surface area contributed by atoms with Gasteiger partial charge in [-0.1, -0.05) is 24.3 Å². The number of pyridine rings is 1. The topological polar surface area (TPSA) is 74.3 Å².